The molecular weight excluding hydrogens is 340 g/mol. The Hall–Kier alpha value is -2.56. The van der Waals surface area contributed by atoms with Crippen LogP contribution in [0.25, 0.3) is 6.08 Å². The monoisotopic (exact) mass is 370 g/mol. The van der Waals surface area contributed by atoms with Crippen LogP contribution < -0.4 is 5.32 Å². The van der Waals surface area contributed by atoms with Gasteiger partial charge < -0.3 is 15.0 Å². The summed E-state index contributed by atoms with van der Waals surface area (Å²) in [6.07, 6.45) is 7.46. The molecule has 0 spiro atoms. The summed E-state index contributed by atoms with van der Waals surface area (Å²) in [5.41, 5.74) is 1.38. The van der Waals surface area contributed by atoms with Crippen molar-refractivity contribution in [2.45, 2.75) is 39.7 Å². The van der Waals surface area contributed by atoms with Crippen LogP contribution in [0, 0.1) is 5.92 Å². The summed E-state index contributed by atoms with van der Waals surface area (Å²) in [4.78, 5) is 27.0. The third-order valence-corrected chi connectivity index (χ3v) is 4.59. The molecule has 0 aromatic heterocycles. The molecule has 27 heavy (non-hydrogen) atoms. The molecule has 5 heteroatoms. The molecule has 1 N–H and O–H groups in total. The predicted octanol–water partition coefficient (Wildman–Crippen LogP) is 3.38. The number of nitrogens with one attached hydrogen (secondary N) is 1. The number of nitrogens with zero attached hydrogens (tertiary/aromatic N) is 1. The summed E-state index contributed by atoms with van der Waals surface area (Å²) < 4.78 is 5.32. The van der Waals surface area contributed by atoms with Gasteiger partial charge in [0.15, 0.2) is 0 Å². The molecule has 1 heterocycles. The fraction of sp³-hybridized carbons (Fsp3) is 0.455. The van der Waals surface area contributed by atoms with E-state index < -0.39 is 12.0 Å². The van der Waals surface area contributed by atoms with Gasteiger partial charge in [-0.25, -0.2) is 4.79 Å². The molecule has 1 aromatic rings. The van der Waals surface area contributed by atoms with Crippen molar-refractivity contribution in [3.63, 3.8) is 0 Å². The molecule has 146 valence electrons. The third-order valence-electron chi connectivity index (χ3n) is 4.59. The number of carbonyl (C=O) groups excluding carboxylic acids is 2. The summed E-state index contributed by atoms with van der Waals surface area (Å²) >= 11 is 0. The van der Waals surface area contributed by atoms with Crippen LogP contribution in [0.2, 0.25) is 0 Å². The number of benzene rings is 1. The molecule has 0 bridgehead atoms. The Kier molecular flexibility index (Phi) is 8.11. The maximum atomic E-state index is 12.8. The average molecular weight is 370 g/mol. The van der Waals surface area contributed by atoms with Crippen LogP contribution in [0.3, 0.4) is 0 Å². The first-order chi connectivity index (χ1) is 13.0. The zero-order valence-electron chi connectivity index (χ0n) is 16.5. The maximum absolute atomic E-state index is 12.8. The van der Waals surface area contributed by atoms with Crippen molar-refractivity contribution >= 4 is 18.0 Å². The Morgan fingerprint density at radius 1 is 1.19 bits per heavy atom. The normalized spacial score (nSPS) is 16.0. The molecule has 1 atom stereocenters. The number of hydrogen-bond acceptors (Lipinski definition) is 4. The molecule has 1 saturated heterocycles. The predicted molar refractivity (Wildman–Crippen MR) is 108 cm³/mol. The van der Waals surface area contributed by atoms with Crippen LogP contribution in [0.1, 0.15) is 39.2 Å². The Morgan fingerprint density at radius 2 is 1.85 bits per heavy atom. The van der Waals surface area contributed by atoms with E-state index in [1.807, 2.05) is 55.2 Å². The van der Waals surface area contributed by atoms with E-state index in [2.05, 4.69) is 5.32 Å². The summed E-state index contributed by atoms with van der Waals surface area (Å²) in [7, 11) is 0. The molecule has 5 nitrogen and oxygen atoms in total. The fourth-order valence-corrected chi connectivity index (χ4v) is 3.03. The van der Waals surface area contributed by atoms with Crippen molar-refractivity contribution in [3.8, 4) is 0 Å². The summed E-state index contributed by atoms with van der Waals surface area (Å²) in [5.74, 6) is -0.326. The minimum Gasteiger partial charge on any atom is -0.457 e. The Bertz CT molecular complexity index is 674. The highest BCUT2D eigenvalue weighted by molar-refractivity contribution is 5.90. The van der Waals surface area contributed by atoms with Gasteiger partial charge in [-0.05, 0) is 37.3 Å². The van der Waals surface area contributed by atoms with Gasteiger partial charge in [0.1, 0.15) is 18.3 Å². The molecule has 0 saturated carbocycles. The van der Waals surface area contributed by atoms with Gasteiger partial charge >= 0.3 is 5.97 Å². The number of allylic oxidation sites excluding steroid dienone is 1. The van der Waals surface area contributed by atoms with Gasteiger partial charge in [0.05, 0.1) is 0 Å². The minimum atomic E-state index is -0.449. The van der Waals surface area contributed by atoms with Crippen molar-refractivity contribution < 1.29 is 14.3 Å². The zero-order valence-corrected chi connectivity index (χ0v) is 16.5. The van der Waals surface area contributed by atoms with Gasteiger partial charge in [-0.15, -0.1) is 0 Å². The van der Waals surface area contributed by atoms with Gasteiger partial charge in [-0.1, -0.05) is 56.3 Å². The largest absolute Gasteiger partial charge is 0.457 e. The van der Waals surface area contributed by atoms with E-state index in [1.165, 1.54) is 0 Å². The Morgan fingerprint density at radius 3 is 2.44 bits per heavy atom. The lowest BCUT2D eigenvalue weighted by Crippen LogP contribution is -2.49. The van der Waals surface area contributed by atoms with Crippen LogP contribution >= 0.6 is 0 Å². The second-order valence-electron chi connectivity index (χ2n) is 7.01. The molecule has 1 aliphatic heterocycles. The summed E-state index contributed by atoms with van der Waals surface area (Å²) in [6, 6.07) is 9.40. The summed E-state index contributed by atoms with van der Waals surface area (Å²) in [6.45, 7) is 7.49. The molecular formula is C22H30N2O3. The lowest BCUT2D eigenvalue weighted by molar-refractivity contribution is -0.138. The van der Waals surface area contributed by atoms with Crippen molar-refractivity contribution in [3.05, 3.63) is 53.7 Å². The standard InChI is InChI=1S/C22H30N2O3/c1-4-19(22(26)27-16-10-13-18-11-6-5-7-12-18)23-20(17(2)3)21(25)24-14-8-9-15-24/h4-7,10-13,17,20,23H,8-9,14-16H2,1-3H3/b13-10?,19-4-/t20-/m0/s1. The quantitative estimate of drug-likeness (QED) is 0.563. The highest BCUT2D eigenvalue weighted by Crippen LogP contribution is 2.14. The molecule has 1 aliphatic rings. The number of rotatable bonds is 8. The molecule has 0 aliphatic carbocycles. The maximum Gasteiger partial charge on any atom is 0.354 e. The number of esters is 1. The number of likely N-dealkylation sites (tertiary alicyclic amines) is 1. The van der Waals surface area contributed by atoms with Gasteiger partial charge in [-0.3, -0.25) is 4.79 Å². The first kappa shape index (κ1) is 20.7. The summed E-state index contributed by atoms with van der Waals surface area (Å²) in [5, 5.41) is 3.11. The van der Waals surface area contributed by atoms with E-state index in [0.717, 1.165) is 31.5 Å². The smallest absolute Gasteiger partial charge is 0.354 e. The highest BCUT2D eigenvalue weighted by atomic mass is 16.5. The second kappa shape index (κ2) is 10.6. The van der Waals surface area contributed by atoms with E-state index in [4.69, 9.17) is 4.74 Å². The molecule has 1 fully saturated rings. The van der Waals surface area contributed by atoms with Crippen LogP contribution in [-0.2, 0) is 14.3 Å². The van der Waals surface area contributed by atoms with Crippen molar-refractivity contribution in [1.29, 1.82) is 0 Å². The first-order valence-corrected chi connectivity index (χ1v) is 9.63. The Balaban J connectivity index is 1.90. The van der Waals surface area contributed by atoms with E-state index >= 15 is 0 Å². The van der Waals surface area contributed by atoms with Crippen LogP contribution in [0.5, 0.6) is 0 Å². The third kappa shape index (κ3) is 6.27. The lowest BCUT2D eigenvalue weighted by Gasteiger charge is -2.27. The fourth-order valence-electron chi connectivity index (χ4n) is 3.03. The van der Waals surface area contributed by atoms with Gasteiger partial charge in [0, 0.05) is 13.1 Å². The number of carbonyl (C=O) groups is 2. The van der Waals surface area contributed by atoms with E-state index in [-0.39, 0.29) is 18.4 Å². The average Bonchev–Trinajstić information content (AvgIpc) is 3.21. The van der Waals surface area contributed by atoms with Gasteiger partial charge in [0.25, 0.3) is 0 Å². The van der Waals surface area contributed by atoms with Gasteiger partial charge in [-0.2, -0.15) is 0 Å². The van der Waals surface area contributed by atoms with E-state index in [0.29, 0.717) is 5.70 Å². The van der Waals surface area contributed by atoms with Crippen molar-refractivity contribution in [2.75, 3.05) is 19.7 Å². The molecule has 0 unspecified atom stereocenters. The minimum absolute atomic E-state index is 0.0543. The van der Waals surface area contributed by atoms with Crippen molar-refractivity contribution in [1.82, 2.24) is 10.2 Å². The first-order valence-electron chi connectivity index (χ1n) is 9.63. The number of hydrogen-bond donors (Lipinski definition) is 1. The molecule has 2 rings (SSSR count). The van der Waals surface area contributed by atoms with Crippen LogP contribution in [0.15, 0.2) is 48.2 Å². The molecule has 1 amide bonds. The molecule has 1 aromatic carbocycles. The zero-order chi connectivity index (χ0) is 19.6. The van der Waals surface area contributed by atoms with Crippen molar-refractivity contribution in [2.24, 2.45) is 5.92 Å². The highest BCUT2D eigenvalue weighted by Gasteiger charge is 2.30. The number of ether oxygens (including phenoxy) is 1. The Labute approximate surface area is 162 Å². The topological polar surface area (TPSA) is 58.6 Å². The van der Waals surface area contributed by atoms with E-state index in [9.17, 15) is 9.59 Å². The van der Waals surface area contributed by atoms with Crippen LogP contribution in [0.4, 0.5) is 0 Å². The second-order valence-corrected chi connectivity index (χ2v) is 7.01. The number of amides is 1. The van der Waals surface area contributed by atoms with Crippen LogP contribution in [-0.4, -0.2) is 42.5 Å². The molecule has 0 radical (unpaired) electrons. The van der Waals surface area contributed by atoms with Gasteiger partial charge in [0.2, 0.25) is 5.91 Å². The lowest BCUT2D eigenvalue weighted by atomic mass is 10.0. The SMILES string of the molecule is C/C=C(\N[C@H](C(=O)N1CCCC1)C(C)C)C(=O)OCC=Cc1ccccc1. The van der Waals surface area contributed by atoms with E-state index in [1.54, 1.807) is 19.1 Å².